The number of Topliss-reactive ketones (excluding diaryl/α,β-unsaturated/α-hetero) is 1. The zero-order valence-corrected chi connectivity index (χ0v) is 19.1. The van der Waals surface area contributed by atoms with Gasteiger partial charge in [-0.1, -0.05) is 48.9 Å². The van der Waals surface area contributed by atoms with Crippen LogP contribution in [0.2, 0.25) is 0 Å². The van der Waals surface area contributed by atoms with Gasteiger partial charge >= 0.3 is 0 Å². The fourth-order valence-corrected chi connectivity index (χ4v) is 5.44. The Morgan fingerprint density at radius 3 is 2.09 bits per heavy atom. The molecule has 0 unspecified atom stereocenters. The summed E-state index contributed by atoms with van der Waals surface area (Å²) in [6.45, 7) is 1.05. The molecule has 3 aromatic rings. The molecule has 33 heavy (non-hydrogen) atoms. The van der Waals surface area contributed by atoms with Gasteiger partial charge in [0, 0.05) is 35.5 Å². The summed E-state index contributed by atoms with van der Waals surface area (Å²) >= 11 is 0. The molecule has 0 aliphatic carbocycles. The summed E-state index contributed by atoms with van der Waals surface area (Å²) < 4.78 is 27.1. The highest BCUT2D eigenvalue weighted by Gasteiger charge is 2.26. The fraction of sp³-hybridized carbons (Fsp3) is 0.231. The van der Waals surface area contributed by atoms with Crippen LogP contribution in [0.4, 0.5) is 5.69 Å². The number of nitrogens with zero attached hydrogens (tertiary/aromatic N) is 1. The molecule has 1 N–H and O–H groups in total. The molecule has 7 heteroatoms. The number of carbonyl (C=O) groups is 2. The Hall–Kier alpha value is -3.29. The second-order valence-electron chi connectivity index (χ2n) is 8.01. The van der Waals surface area contributed by atoms with Gasteiger partial charge in [-0.3, -0.25) is 9.59 Å². The number of hydrogen-bond donors (Lipinski definition) is 1. The van der Waals surface area contributed by atoms with Gasteiger partial charge < -0.3 is 5.32 Å². The van der Waals surface area contributed by atoms with Gasteiger partial charge in [0.2, 0.25) is 10.0 Å². The summed E-state index contributed by atoms with van der Waals surface area (Å²) in [7, 11) is -3.53. The number of hydrogen-bond acceptors (Lipinski definition) is 5. The molecule has 170 valence electrons. The Bertz CT molecular complexity index is 1230. The average molecular weight is 463 g/mol. The van der Waals surface area contributed by atoms with Crippen LogP contribution in [0.1, 0.15) is 45.5 Å². The average Bonchev–Trinajstić information content (AvgIpc) is 2.88. The summed E-state index contributed by atoms with van der Waals surface area (Å²) in [5.74, 6) is -0.322. The van der Waals surface area contributed by atoms with Crippen LogP contribution in [0.5, 0.6) is 0 Å². The quantitative estimate of drug-likeness (QED) is 0.502. The summed E-state index contributed by atoms with van der Waals surface area (Å²) in [5, 5.41) is 3.06. The van der Waals surface area contributed by atoms with Crippen LogP contribution in [0.3, 0.4) is 0 Å². The summed E-state index contributed by atoms with van der Waals surface area (Å²) in [6, 6.07) is 22.1. The molecule has 1 fully saturated rings. The molecule has 6 nitrogen and oxygen atoms in total. The third kappa shape index (κ3) is 5.21. The first-order valence-corrected chi connectivity index (χ1v) is 12.5. The van der Waals surface area contributed by atoms with Crippen LogP contribution in [0.25, 0.3) is 0 Å². The summed E-state index contributed by atoms with van der Waals surface area (Å²) in [5.41, 5.74) is 2.04. The molecule has 1 aliphatic heterocycles. The van der Waals surface area contributed by atoms with Crippen LogP contribution in [0, 0.1) is 0 Å². The largest absolute Gasteiger partial charge is 0.377 e. The van der Waals surface area contributed by atoms with Crippen molar-refractivity contribution in [1.29, 1.82) is 0 Å². The van der Waals surface area contributed by atoms with Crippen LogP contribution >= 0.6 is 0 Å². The highest BCUT2D eigenvalue weighted by Crippen LogP contribution is 2.22. The SMILES string of the molecule is O=C(CNc1ccccc1C(=O)c1ccccc1)c1ccc(S(=O)(=O)N2CCCCC2)cc1. The number of ketones is 2. The number of nitrogens with one attached hydrogen (secondary N) is 1. The van der Waals surface area contributed by atoms with Gasteiger partial charge in [-0.05, 0) is 49.2 Å². The van der Waals surface area contributed by atoms with E-state index in [4.69, 9.17) is 0 Å². The van der Waals surface area contributed by atoms with Gasteiger partial charge in [0.15, 0.2) is 11.6 Å². The highest BCUT2D eigenvalue weighted by atomic mass is 32.2. The lowest BCUT2D eigenvalue weighted by Crippen LogP contribution is -2.35. The van der Waals surface area contributed by atoms with Gasteiger partial charge in [0.1, 0.15) is 0 Å². The van der Waals surface area contributed by atoms with Crippen molar-refractivity contribution < 1.29 is 18.0 Å². The van der Waals surface area contributed by atoms with Gasteiger partial charge in [-0.15, -0.1) is 0 Å². The molecule has 0 saturated carbocycles. The molecule has 0 amide bonds. The normalized spacial score (nSPS) is 14.5. The van der Waals surface area contributed by atoms with Crippen LogP contribution in [-0.4, -0.2) is 43.9 Å². The maximum absolute atomic E-state index is 12.9. The van der Waals surface area contributed by atoms with E-state index in [9.17, 15) is 18.0 Å². The Labute approximate surface area is 194 Å². The first-order chi connectivity index (χ1) is 16.0. The van der Waals surface area contributed by atoms with E-state index in [0.717, 1.165) is 19.3 Å². The maximum atomic E-state index is 12.9. The van der Waals surface area contributed by atoms with Crippen molar-refractivity contribution in [3.63, 3.8) is 0 Å². The molecule has 3 aromatic carbocycles. The lowest BCUT2D eigenvalue weighted by molar-refractivity contribution is 0.100. The predicted octanol–water partition coefficient (Wildman–Crippen LogP) is 4.39. The van der Waals surface area contributed by atoms with Crippen molar-refractivity contribution in [3.8, 4) is 0 Å². The number of anilines is 1. The Morgan fingerprint density at radius 1 is 0.758 bits per heavy atom. The first-order valence-electron chi connectivity index (χ1n) is 11.0. The topological polar surface area (TPSA) is 83.5 Å². The third-order valence-corrected chi connectivity index (χ3v) is 7.69. The van der Waals surface area contributed by atoms with Crippen molar-refractivity contribution in [2.75, 3.05) is 25.0 Å². The van der Waals surface area contributed by atoms with E-state index < -0.39 is 10.0 Å². The number of benzene rings is 3. The molecule has 1 heterocycles. The molecule has 0 bridgehead atoms. The summed E-state index contributed by atoms with van der Waals surface area (Å²) in [4.78, 5) is 25.8. The third-order valence-electron chi connectivity index (χ3n) is 5.78. The number of para-hydroxylation sites is 1. The van der Waals surface area contributed by atoms with Crippen LogP contribution in [0.15, 0.2) is 83.8 Å². The Balaban J connectivity index is 1.44. The van der Waals surface area contributed by atoms with E-state index in [1.54, 1.807) is 48.5 Å². The van der Waals surface area contributed by atoms with Crippen molar-refractivity contribution in [1.82, 2.24) is 4.31 Å². The zero-order valence-electron chi connectivity index (χ0n) is 18.2. The zero-order chi connectivity index (χ0) is 23.3. The molecule has 0 atom stereocenters. The minimum Gasteiger partial charge on any atom is -0.377 e. The monoisotopic (exact) mass is 462 g/mol. The van der Waals surface area contributed by atoms with Gasteiger partial charge in [-0.25, -0.2) is 8.42 Å². The standard InChI is InChI=1S/C26H26N2O4S/c29-25(20-13-15-22(16-14-20)33(31,32)28-17-7-2-8-18-28)19-27-24-12-6-5-11-23(24)26(30)21-9-3-1-4-10-21/h1,3-6,9-16,27H,2,7-8,17-19H2. The summed E-state index contributed by atoms with van der Waals surface area (Å²) in [6.07, 6.45) is 2.79. The number of carbonyl (C=O) groups excluding carboxylic acids is 2. The van der Waals surface area contributed by atoms with Crippen molar-refractivity contribution in [3.05, 3.63) is 95.6 Å². The minimum absolute atomic E-state index is 0.0166. The number of piperidine rings is 1. The molecular weight excluding hydrogens is 436 g/mol. The molecule has 0 spiro atoms. The highest BCUT2D eigenvalue weighted by molar-refractivity contribution is 7.89. The number of sulfonamides is 1. The van der Waals surface area contributed by atoms with Crippen LogP contribution < -0.4 is 5.32 Å². The van der Waals surface area contributed by atoms with E-state index >= 15 is 0 Å². The lowest BCUT2D eigenvalue weighted by Gasteiger charge is -2.25. The number of rotatable bonds is 8. The Kier molecular flexibility index (Phi) is 7.01. The smallest absolute Gasteiger partial charge is 0.243 e. The molecular formula is C26H26N2O4S. The van der Waals surface area contributed by atoms with E-state index in [1.165, 1.54) is 16.4 Å². The van der Waals surface area contributed by atoms with Crippen LogP contribution in [-0.2, 0) is 10.0 Å². The van der Waals surface area contributed by atoms with Crippen molar-refractivity contribution >= 4 is 27.3 Å². The van der Waals surface area contributed by atoms with E-state index in [2.05, 4.69) is 5.32 Å². The molecule has 0 radical (unpaired) electrons. The maximum Gasteiger partial charge on any atom is 0.243 e. The van der Waals surface area contributed by atoms with Gasteiger partial charge in [0.25, 0.3) is 0 Å². The minimum atomic E-state index is -3.53. The van der Waals surface area contributed by atoms with Crippen molar-refractivity contribution in [2.24, 2.45) is 0 Å². The molecule has 4 rings (SSSR count). The lowest BCUT2D eigenvalue weighted by atomic mass is 10.0. The first kappa shape index (κ1) is 22.9. The van der Waals surface area contributed by atoms with Crippen molar-refractivity contribution in [2.45, 2.75) is 24.2 Å². The molecule has 0 aromatic heterocycles. The van der Waals surface area contributed by atoms with Gasteiger partial charge in [-0.2, -0.15) is 4.31 Å². The molecule has 1 aliphatic rings. The van der Waals surface area contributed by atoms with E-state index in [1.807, 2.05) is 18.2 Å². The second-order valence-corrected chi connectivity index (χ2v) is 9.94. The Morgan fingerprint density at radius 2 is 1.39 bits per heavy atom. The molecule has 1 saturated heterocycles. The van der Waals surface area contributed by atoms with E-state index in [0.29, 0.717) is 35.5 Å². The van der Waals surface area contributed by atoms with Gasteiger partial charge in [0.05, 0.1) is 11.4 Å². The van der Waals surface area contributed by atoms with E-state index in [-0.39, 0.29) is 23.0 Å². The predicted molar refractivity (Wildman–Crippen MR) is 128 cm³/mol. The fourth-order valence-electron chi connectivity index (χ4n) is 3.92. The second kappa shape index (κ2) is 10.1.